The van der Waals surface area contributed by atoms with Gasteiger partial charge in [0.1, 0.15) is 17.7 Å². The maximum atomic E-state index is 12.3. The Labute approximate surface area is 139 Å². The van der Waals surface area contributed by atoms with Gasteiger partial charge in [0, 0.05) is 31.9 Å². The van der Waals surface area contributed by atoms with Crippen LogP contribution in [-0.2, 0) is 0 Å². The average molecular weight is 332 g/mol. The van der Waals surface area contributed by atoms with Crippen LogP contribution in [0, 0.1) is 6.92 Å². The van der Waals surface area contributed by atoms with E-state index in [0.29, 0.717) is 30.9 Å². The molecule has 1 atom stereocenters. The van der Waals surface area contributed by atoms with Crippen molar-refractivity contribution in [2.24, 2.45) is 0 Å². The maximum absolute atomic E-state index is 12.3. The van der Waals surface area contributed by atoms with E-state index in [1.807, 2.05) is 29.3 Å². The summed E-state index contributed by atoms with van der Waals surface area (Å²) in [7, 11) is 1.73. The van der Waals surface area contributed by atoms with E-state index >= 15 is 0 Å². The van der Waals surface area contributed by atoms with E-state index in [1.54, 1.807) is 18.0 Å². The quantitative estimate of drug-likeness (QED) is 0.920. The molecule has 6 nitrogen and oxygen atoms in total. The molecule has 0 radical (unpaired) electrons. The van der Waals surface area contributed by atoms with Gasteiger partial charge in [-0.05, 0) is 24.8 Å². The Morgan fingerprint density at radius 2 is 2.35 bits per heavy atom. The molecule has 0 aromatic carbocycles. The minimum absolute atomic E-state index is 0.0512. The van der Waals surface area contributed by atoms with Crippen molar-refractivity contribution in [2.45, 2.75) is 18.9 Å². The van der Waals surface area contributed by atoms with Crippen molar-refractivity contribution < 1.29 is 9.90 Å². The molecule has 23 heavy (non-hydrogen) atoms. The van der Waals surface area contributed by atoms with Gasteiger partial charge in [0.15, 0.2) is 0 Å². The van der Waals surface area contributed by atoms with Crippen molar-refractivity contribution in [1.82, 2.24) is 14.9 Å². The first-order chi connectivity index (χ1) is 11.0. The van der Waals surface area contributed by atoms with Crippen molar-refractivity contribution in [2.75, 3.05) is 31.6 Å². The van der Waals surface area contributed by atoms with Crippen LogP contribution in [0.5, 0.6) is 0 Å². The highest BCUT2D eigenvalue weighted by Gasteiger charge is 2.38. The summed E-state index contributed by atoms with van der Waals surface area (Å²) >= 11 is 1.41. The molecule has 1 aliphatic heterocycles. The lowest BCUT2D eigenvalue weighted by atomic mass is 10.0. The lowest BCUT2D eigenvalue weighted by Gasteiger charge is -2.29. The third kappa shape index (κ3) is 3.51. The molecule has 3 rings (SSSR count). The number of hydrogen-bond acceptors (Lipinski definition) is 6. The summed E-state index contributed by atoms with van der Waals surface area (Å²) in [5.41, 5.74) is -0.0176. The minimum atomic E-state index is -0.916. The number of carbonyl (C=O) groups excluding carboxylic acids is 1. The van der Waals surface area contributed by atoms with Crippen LogP contribution < -0.4 is 4.90 Å². The number of amides is 1. The number of thiophene rings is 1. The number of aromatic nitrogens is 2. The molecule has 1 N–H and O–H groups in total. The standard InChI is InChI=1S/C16H20N4O2S/c1-12-8-14(18-11-17-12)20-6-5-16(22,10-20)9-19(2)15(21)13-4-3-7-23-13/h3-4,7-8,11,22H,5-6,9-10H2,1-2H3/t16-/m0/s1. The molecule has 1 saturated heterocycles. The van der Waals surface area contributed by atoms with Crippen LogP contribution in [0.15, 0.2) is 29.9 Å². The van der Waals surface area contributed by atoms with Crippen molar-refractivity contribution >= 4 is 23.1 Å². The van der Waals surface area contributed by atoms with Crippen LogP contribution in [0.4, 0.5) is 5.82 Å². The molecule has 0 saturated carbocycles. The number of β-amino-alcohol motifs (C(OH)–C–C–N with tert-alkyl or cyclic N) is 1. The zero-order valence-corrected chi connectivity index (χ0v) is 14.1. The normalized spacial score (nSPS) is 20.7. The van der Waals surface area contributed by atoms with Crippen molar-refractivity contribution in [3.63, 3.8) is 0 Å². The Morgan fingerprint density at radius 3 is 3.04 bits per heavy atom. The van der Waals surface area contributed by atoms with E-state index in [4.69, 9.17) is 0 Å². The molecule has 7 heteroatoms. The van der Waals surface area contributed by atoms with Gasteiger partial charge in [-0.3, -0.25) is 4.79 Å². The Balaban J connectivity index is 1.65. The molecule has 1 aliphatic rings. The number of carbonyl (C=O) groups is 1. The number of anilines is 1. The van der Waals surface area contributed by atoms with E-state index in [9.17, 15) is 9.90 Å². The maximum Gasteiger partial charge on any atom is 0.263 e. The van der Waals surface area contributed by atoms with Gasteiger partial charge >= 0.3 is 0 Å². The Bertz CT molecular complexity index is 691. The van der Waals surface area contributed by atoms with Crippen LogP contribution in [0.25, 0.3) is 0 Å². The molecule has 3 heterocycles. The largest absolute Gasteiger partial charge is 0.386 e. The van der Waals surface area contributed by atoms with Gasteiger partial charge in [-0.2, -0.15) is 0 Å². The van der Waals surface area contributed by atoms with E-state index in [1.165, 1.54) is 17.7 Å². The number of likely N-dealkylation sites (N-methyl/N-ethyl adjacent to an activating group) is 1. The summed E-state index contributed by atoms with van der Waals surface area (Å²) in [5, 5.41) is 12.7. The van der Waals surface area contributed by atoms with Crippen LogP contribution in [-0.4, -0.2) is 58.2 Å². The summed E-state index contributed by atoms with van der Waals surface area (Å²) in [5.74, 6) is 0.769. The number of aryl methyl sites for hydroxylation is 1. The number of hydrogen-bond donors (Lipinski definition) is 1. The first-order valence-electron chi connectivity index (χ1n) is 7.52. The third-order valence-electron chi connectivity index (χ3n) is 4.06. The average Bonchev–Trinajstić information content (AvgIpc) is 3.16. The molecule has 0 unspecified atom stereocenters. The molecule has 1 amide bonds. The van der Waals surface area contributed by atoms with E-state index in [2.05, 4.69) is 9.97 Å². The Hall–Kier alpha value is -1.99. The van der Waals surface area contributed by atoms with Gasteiger partial charge in [0.2, 0.25) is 0 Å². The molecule has 122 valence electrons. The highest BCUT2D eigenvalue weighted by molar-refractivity contribution is 7.12. The lowest BCUT2D eigenvalue weighted by Crippen LogP contribution is -2.45. The summed E-state index contributed by atoms with van der Waals surface area (Å²) in [4.78, 5) is 25.0. The first kappa shape index (κ1) is 15.9. The molecule has 0 bridgehead atoms. The highest BCUT2D eigenvalue weighted by Crippen LogP contribution is 2.27. The number of aliphatic hydroxyl groups is 1. The van der Waals surface area contributed by atoms with Crippen molar-refractivity contribution in [1.29, 1.82) is 0 Å². The molecular weight excluding hydrogens is 312 g/mol. The topological polar surface area (TPSA) is 69.6 Å². The van der Waals surface area contributed by atoms with E-state index in [0.717, 1.165) is 11.5 Å². The van der Waals surface area contributed by atoms with Crippen LogP contribution in [0.2, 0.25) is 0 Å². The highest BCUT2D eigenvalue weighted by atomic mass is 32.1. The Kier molecular flexibility index (Phi) is 4.32. The summed E-state index contributed by atoms with van der Waals surface area (Å²) < 4.78 is 0. The van der Waals surface area contributed by atoms with Crippen molar-refractivity contribution in [3.8, 4) is 0 Å². The fourth-order valence-corrected chi connectivity index (χ4v) is 3.61. The summed E-state index contributed by atoms with van der Waals surface area (Å²) in [6.07, 6.45) is 2.15. The second-order valence-electron chi connectivity index (χ2n) is 6.05. The van der Waals surface area contributed by atoms with Gasteiger partial charge in [0.25, 0.3) is 5.91 Å². The summed E-state index contributed by atoms with van der Waals surface area (Å²) in [6, 6.07) is 5.57. The van der Waals surface area contributed by atoms with Crippen LogP contribution in [0.1, 0.15) is 21.8 Å². The van der Waals surface area contributed by atoms with Crippen molar-refractivity contribution in [3.05, 3.63) is 40.5 Å². The fourth-order valence-electron chi connectivity index (χ4n) is 2.90. The molecule has 2 aromatic heterocycles. The van der Waals surface area contributed by atoms with Crippen LogP contribution >= 0.6 is 11.3 Å². The number of rotatable bonds is 4. The number of nitrogens with zero attached hydrogens (tertiary/aromatic N) is 4. The zero-order chi connectivity index (χ0) is 16.4. The van der Waals surface area contributed by atoms with Gasteiger partial charge < -0.3 is 14.9 Å². The first-order valence-corrected chi connectivity index (χ1v) is 8.40. The minimum Gasteiger partial charge on any atom is -0.386 e. The Morgan fingerprint density at radius 1 is 1.52 bits per heavy atom. The van der Waals surface area contributed by atoms with Gasteiger partial charge in [-0.1, -0.05) is 6.07 Å². The third-order valence-corrected chi connectivity index (χ3v) is 4.91. The van der Waals surface area contributed by atoms with Gasteiger partial charge in [0.05, 0.1) is 11.4 Å². The molecule has 2 aromatic rings. The fraction of sp³-hybridized carbons (Fsp3) is 0.438. The van der Waals surface area contributed by atoms with Gasteiger partial charge in [-0.15, -0.1) is 11.3 Å². The molecule has 1 fully saturated rings. The lowest BCUT2D eigenvalue weighted by molar-refractivity contribution is 0.0266. The molecule has 0 aliphatic carbocycles. The second kappa shape index (κ2) is 6.25. The van der Waals surface area contributed by atoms with E-state index < -0.39 is 5.60 Å². The second-order valence-corrected chi connectivity index (χ2v) is 7.00. The monoisotopic (exact) mass is 332 g/mol. The molecular formula is C16H20N4O2S. The summed E-state index contributed by atoms with van der Waals surface area (Å²) in [6.45, 7) is 3.41. The predicted molar refractivity (Wildman–Crippen MR) is 89.8 cm³/mol. The SMILES string of the molecule is Cc1cc(N2CC[C@](O)(CN(C)C(=O)c3cccs3)C2)ncn1. The molecule has 0 spiro atoms. The van der Waals surface area contributed by atoms with Crippen LogP contribution in [0.3, 0.4) is 0 Å². The smallest absolute Gasteiger partial charge is 0.263 e. The van der Waals surface area contributed by atoms with Gasteiger partial charge in [-0.25, -0.2) is 9.97 Å². The predicted octanol–water partition coefficient (Wildman–Crippen LogP) is 1.56. The van der Waals surface area contributed by atoms with E-state index in [-0.39, 0.29) is 5.91 Å². The zero-order valence-electron chi connectivity index (χ0n) is 13.3.